The van der Waals surface area contributed by atoms with Crippen molar-refractivity contribution in [1.29, 1.82) is 0 Å². The molecular formula is C11H12F3NO. The molecule has 1 saturated carbocycles. The number of halogens is 3. The van der Waals surface area contributed by atoms with E-state index in [1.54, 1.807) is 0 Å². The van der Waals surface area contributed by atoms with E-state index in [1.165, 1.54) is 12.1 Å². The van der Waals surface area contributed by atoms with Crippen LogP contribution in [0.1, 0.15) is 24.0 Å². The summed E-state index contributed by atoms with van der Waals surface area (Å²) in [5, 5.41) is 9.45. The van der Waals surface area contributed by atoms with Crippen LogP contribution in [0.25, 0.3) is 0 Å². The van der Waals surface area contributed by atoms with Crippen LogP contribution in [-0.4, -0.2) is 10.7 Å². The van der Waals surface area contributed by atoms with Gasteiger partial charge in [0, 0.05) is 12.1 Å². The van der Waals surface area contributed by atoms with Gasteiger partial charge in [0.25, 0.3) is 0 Å². The lowest BCUT2D eigenvalue weighted by atomic mass is 9.98. The fraction of sp³-hybridized carbons (Fsp3) is 0.455. The van der Waals surface area contributed by atoms with Crippen LogP contribution in [0, 0.1) is 5.82 Å². The summed E-state index contributed by atoms with van der Waals surface area (Å²) in [5.74, 6) is -4.57. The summed E-state index contributed by atoms with van der Waals surface area (Å²) in [6.45, 7) is -0.145. The SMILES string of the molecule is NCc1cccc(C(F)(F)C2(O)CC2)c1F. The molecule has 0 amide bonds. The Labute approximate surface area is 90.9 Å². The van der Waals surface area contributed by atoms with Crippen molar-refractivity contribution >= 4 is 0 Å². The van der Waals surface area contributed by atoms with Crippen LogP contribution in [0.4, 0.5) is 13.2 Å². The largest absolute Gasteiger partial charge is 0.383 e. The number of alkyl halides is 2. The minimum Gasteiger partial charge on any atom is -0.383 e. The molecule has 5 heteroatoms. The van der Waals surface area contributed by atoms with Gasteiger partial charge in [-0.1, -0.05) is 12.1 Å². The van der Waals surface area contributed by atoms with E-state index in [4.69, 9.17) is 5.73 Å². The first kappa shape index (κ1) is 11.4. The van der Waals surface area contributed by atoms with Crippen molar-refractivity contribution in [3.05, 3.63) is 35.1 Å². The zero-order valence-corrected chi connectivity index (χ0v) is 8.51. The quantitative estimate of drug-likeness (QED) is 0.834. The van der Waals surface area contributed by atoms with Crippen LogP contribution < -0.4 is 5.73 Å². The lowest BCUT2D eigenvalue weighted by Gasteiger charge is -2.23. The van der Waals surface area contributed by atoms with Crippen molar-refractivity contribution in [1.82, 2.24) is 0 Å². The molecule has 3 N–H and O–H groups in total. The van der Waals surface area contributed by atoms with Crippen LogP contribution in [0.15, 0.2) is 18.2 Å². The summed E-state index contributed by atoms with van der Waals surface area (Å²) in [6, 6.07) is 3.66. The molecule has 0 spiro atoms. The zero-order valence-electron chi connectivity index (χ0n) is 8.51. The molecule has 1 aromatic carbocycles. The Kier molecular flexibility index (Phi) is 2.47. The van der Waals surface area contributed by atoms with Gasteiger partial charge >= 0.3 is 5.92 Å². The van der Waals surface area contributed by atoms with Crippen molar-refractivity contribution in [2.45, 2.75) is 30.9 Å². The van der Waals surface area contributed by atoms with Crippen molar-refractivity contribution in [3.8, 4) is 0 Å². The molecule has 0 aromatic heterocycles. The van der Waals surface area contributed by atoms with E-state index in [2.05, 4.69) is 0 Å². The van der Waals surface area contributed by atoms with Gasteiger partial charge in [0.05, 0.1) is 5.56 Å². The van der Waals surface area contributed by atoms with Crippen LogP contribution in [0.2, 0.25) is 0 Å². The van der Waals surface area contributed by atoms with Crippen LogP contribution in [-0.2, 0) is 12.5 Å². The van der Waals surface area contributed by atoms with Gasteiger partial charge in [-0.2, -0.15) is 8.78 Å². The molecule has 1 fully saturated rings. The molecule has 0 heterocycles. The van der Waals surface area contributed by atoms with Gasteiger partial charge in [-0.3, -0.25) is 0 Å². The molecule has 0 bridgehead atoms. The molecular weight excluding hydrogens is 219 g/mol. The number of aliphatic hydroxyl groups is 1. The van der Waals surface area contributed by atoms with Gasteiger partial charge in [-0.05, 0) is 18.9 Å². The average molecular weight is 231 g/mol. The Morgan fingerprint density at radius 1 is 1.38 bits per heavy atom. The summed E-state index contributed by atoms with van der Waals surface area (Å²) >= 11 is 0. The first-order valence-corrected chi connectivity index (χ1v) is 5.00. The van der Waals surface area contributed by atoms with Gasteiger partial charge in [0.1, 0.15) is 11.4 Å². The lowest BCUT2D eigenvalue weighted by molar-refractivity contribution is -0.134. The second kappa shape index (κ2) is 3.46. The molecule has 0 saturated heterocycles. The zero-order chi connectivity index (χ0) is 12.0. The standard InChI is InChI=1S/C11H12F3NO/c12-9-7(6-15)2-1-3-8(9)11(13,14)10(16)4-5-10/h1-3,16H,4-6,15H2. The second-order valence-corrected chi connectivity index (χ2v) is 4.09. The highest BCUT2D eigenvalue weighted by atomic mass is 19.3. The summed E-state index contributed by atoms with van der Waals surface area (Å²) in [5.41, 5.74) is 2.42. The molecule has 88 valence electrons. The third kappa shape index (κ3) is 1.51. The monoisotopic (exact) mass is 231 g/mol. The predicted octanol–water partition coefficient (Wildman–Crippen LogP) is 1.90. The second-order valence-electron chi connectivity index (χ2n) is 4.09. The summed E-state index contributed by atoms with van der Waals surface area (Å²) in [7, 11) is 0. The molecule has 0 atom stereocenters. The fourth-order valence-electron chi connectivity index (χ4n) is 1.66. The molecule has 16 heavy (non-hydrogen) atoms. The molecule has 2 rings (SSSR count). The maximum Gasteiger partial charge on any atom is 0.304 e. The fourth-order valence-corrected chi connectivity index (χ4v) is 1.66. The average Bonchev–Trinajstić information content (AvgIpc) is 2.98. The highest BCUT2D eigenvalue weighted by molar-refractivity contribution is 5.33. The maximum absolute atomic E-state index is 13.8. The Morgan fingerprint density at radius 2 is 2.00 bits per heavy atom. The molecule has 0 unspecified atom stereocenters. The Morgan fingerprint density at radius 3 is 2.50 bits per heavy atom. The van der Waals surface area contributed by atoms with Crippen LogP contribution in [0.3, 0.4) is 0 Å². The van der Waals surface area contributed by atoms with E-state index in [9.17, 15) is 18.3 Å². The van der Waals surface area contributed by atoms with Crippen molar-refractivity contribution in [2.75, 3.05) is 0 Å². The van der Waals surface area contributed by atoms with Gasteiger partial charge < -0.3 is 10.8 Å². The van der Waals surface area contributed by atoms with Crippen molar-refractivity contribution in [2.24, 2.45) is 5.73 Å². The van der Waals surface area contributed by atoms with Crippen molar-refractivity contribution in [3.63, 3.8) is 0 Å². The number of hydrogen-bond donors (Lipinski definition) is 2. The van der Waals surface area contributed by atoms with E-state index < -0.39 is 22.9 Å². The lowest BCUT2D eigenvalue weighted by Crippen LogP contribution is -2.34. The Balaban J connectivity index is 2.48. The number of rotatable bonds is 3. The Hall–Kier alpha value is -1.07. The third-order valence-electron chi connectivity index (χ3n) is 2.94. The highest BCUT2D eigenvalue weighted by Gasteiger charge is 2.62. The van der Waals surface area contributed by atoms with E-state index in [0.29, 0.717) is 0 Å². The van der Waals surface area contributed by atoms with Crippen molar-refractivity contribution < 1.29 is 18.3 Å². The van der Waals surface area contributed by atoms with E-state index in [0.717, 1.165) is 6.07 Å². The Bertz CT molecular complexity index is 416. The first-order chi connectivity index (χ1) is 7.42. The van der Waals surface area contributed by atoms with Crippen LogP contribution in [0.5, 0.6) is 0 Å². The minimum absolute atomic E-state index is 0.00765. The predicted molar refractivity (Wildman–Crippen MR) is 52.4 cm³/mol. The van der Waals surface area contributed by atoms with Crippen LogP contribution >= 0.6 is 0 Å². The van der Waals surface area contributed by atoms with Gasteiger partial charge in [0.15, 0.2) is 0 Å². The summed E-state index contributed by atoms with van der Waals surface area (Å²) < 4.78 is 41.2. The highest BCUT2D eigenvalue weighted by Crippen LogP contribution is 2.54. The molecule has 1 aromatic rings. The number of nitrogens with two attached hydrogens (primary N) is 1. The van der Waals surface area contributed by atoms with E-state index >= 15 is 0 Å². The van der Waals surface area contributed by atoms with Gasteiger partial charge in [0.2, 0.25) is 0 Å². The maximum atomic E-state index is 13.8. The topological polar surface area (TPSA) is 46.2 Å². The van der Waals surface area contributed by atoms with Gasteiger partial charge in [-0.15, -0.1) is 0 Å². The minimum atomic E-state index is -3.55. The number of benzene rings is 1. The molecule has 2 nitrogen and oxygen atoms in total. The number of hydrogen-bond acceptors (Lipinski definition) is 2. The molecule has 0 radical (unpaired) electrons. The first-order valence-electron chi connectivity index (χ1n) is 5.00. The summed E-state index contributed by atoms with van der Waals surface area (Å²) in [4.78, 5) is 0. The molecule has 0 aliphatic heterocycles. The van der Waals surface area contributed by atoms with Gasteiger partial charge in [-0.25, -0.2) is 4.39 Å². The van der Waals surface area contributed by atoms with E-state index in [-0.39, 0.29) is 24.9 Å². The summed E-state index contributed by atoms with van der Waals surface area (Å²) in [6.07, 6.45) is -0.0153. The third-order valence-corrected chi connectivity index (χ3v) is 2.94. The molecule has 1 aliphatic rings. The smallest absolute Gasteiger partial charge is 0.304 e. The van der Waals surface area contributed by atoms with E-state index in [1.807, 2.05) is 0 Å². The molecule has 1 aliphatic carbocycles. The normalized spacial score (nSPS) is 18.6.